The van der Waals surface area contributed by atoms with Crippen LogP contribution in [0.4, 0.5) is 0 Å². The maximum atomic E-state index is 11.4. The Bertz CT molecular complexity index is 362. The predicted molar refractivity (Wildman–Crippen MR) is 76.1 cm³/mol. The summed E-state index contributed by atoms with van der Waals surface area (Å²) in [5.41, 5.74) is 0. The molecular weight excluding hydrogens is 246 g/mol. The number of hydrogen-bond acceptors (Lipinski definition) is 4. The van der Waals surface area contributed by atoms with Gasteiger partial charge in [-0.15, -0.1) is 11.3 Å². The lowest BCUT2D eigenvalue weighted by atomic mass is 10.2. The number of esters is 1. The average molecular weight is 269 g/mol. The molecule has 1 rings (SSSR count). The van der Waals surface area contributed by atoms with Crippen LogP contribution < -0.4 is 5.32 Å². The van der Waals surface area contributed by atoms with E-state index in [9.17, 15) is 4.79 Å². The second-order valence-corrected chi connectivity index (χ2v) is 5.94. The van der Waals surface area contributed by atoms with Crippen LogP contribution in [0.1, 0.15) is 36.4 Å². The summed E-state index contributed by atoms with van der Waals surface area (Å²) in [6.07, 6.45) is 2.95. The molecular formula is C14H23NO2S. The van der Waals surface area contributed by atoms with Crippen molar-refractivity contribution < 1.29 is 9.53 Å². The van der Waals surface area contributed by atoms with Gasteiger partial charge in [0.1, 0.15) is 0 Å². The molecule has 1 heterocycles. The van der Waals surface area contributed by atoms with E-state index in [1.165, 1.54) is 9.75 Å². The number of hydrogen-bond donors (Lipinski definition) is 1. The number of thiophene rings is 1. The largest absolute Gasteiger partial charge is 0.465 e. The summed E-state index contributed by atoms with van der Waals surface area (Å²) < 4.78 is 5.09. The number of unbranched alkanes of at least 4 members (excludes halogenated alkanes) is 1. The second-order valence-electron chi connectivity index (χ2n) is 4.57. The van der Waals surface area contributed by atoms with Crippen molar-refractivity contribution >= 4 is 17.3 Å². The van der Waals surface area contributed by atoms with E-state index in [1.54, 1.807) is 0 Å². The zero-order valence-electron chi connectivity index (χ0n) is 11.5. The Kier molecular flexibility index (Phi) is 6.98. The Morgan fingerprint density at radius 3 is 2.89 bits per heavy atom. The van der Waals surface area contributed by atoms with Crippen molar-refractivity contribution in [2.45, 2.75) is 46.1 Å². The number of ether oxygens (including phenoxy) is 1. The Balaban J connectivity index is 2.16. The molecule has 0 radical (unpaired) electrons. The molecule has 0 amide bonds. The summed E-state index contributed by atoms with van der Waals surface area (Å²) in [4.78, 5) is 14.1. The summed E-state index contributed by atoms with van der Waals surface area (Å²) in [7, 11) is 0. The summed E-state index contributed by atoms with van der Waals surface area (Å²) in [6.45, 7) is 7.12. The third kappa shape index (κ3) is 6.17. The van der Waals surface area contributed by atoms with E-state index in [2.05, 4.69) is 38.2 Å². The zero-order chi connectivity index (χ0) is 13.4. The molecule has 0 saturated heterocycles. The predicted octanol–water partition coefficient (Wildman–Crippen LogP) is 2.92. The molecule has 18 heavy (non-hydrogen) atoms. The Morgan fingerprint density at radius 2 is 2.28 bits per heavy atom. The molecule has 1 aromatic heterocycles. The molecule has 0 spiro atoms. The van der Waals surface area contributed by atoms with Gasteiger partial charge >= 0.3 is 5.97 Å². The summed E-state index contributed by atoms with van der Waals surface area (Å²) in [5.74, 6) is -0.155. The van der Waals surface area contributed by atoms with Crippen molar-refractivity contribution in [3.63, 3.8) is 0 Å². The highest BCUT2D eigenvalue weighted by molar-refractivity contribution is 7.11. The number of aryl methyl sites for hydroxylation is 1. The van der Waals surface area contributed by atoms with Crippen LogP contribution >= 0.6 is 11.3 Å². The smallest absolute Gasteiger partial charge is 0.319 e. The maximum absolute atomic E-state index is 11.4. The lowest BCUT2D eigenvalue weighted by molar-refractivity contribution is -0.142. The molecule has 3 nitrogen and oxygen atoms in total. The van der Waals surface area contributed by atoms with Gasteiger partial charge in [-0.25, -0.2) is 0 Å². The van der Waals surface area contributed by atoms with Gasteiger partial charge < -0.3 is 10.1 Å². The van der Waals surface area contributed by atoms with E-state index in [1.807, 2.05) is 11.3 Å². The molecule has 1 N–H and O–H groups in total. The molecule has 0 saturated carbocycles. The fourth-order valence-corrected chi connectivity index (χ4v) is 2.63. The third-order valence-electron chi connectivity index (χ3n) is 2.66. The van der Waals surface area contributed by atoms with Gasteiger partial charge in [-0.1, -0.05) is 13.3 Å². The highest BCUT2D eigenvalue weighted by Gasteiger charge is 2.08. The van der Waals surface area contributed by atoms with Crippen LogP contribution in [0.15, 0.2) is 12.1 Å². The van der Waals surface area contributed by atoms with E-state index < -0.39 is 0 Å². The van der Waals surface area contributed by atoms with E-state index in [0.29, 0.717) is 19.2 Å². The molecule has 4 heteroatoms. The van der Waals surface area contributed by atoms with Crippen LogP contribution in [0.3, 0.4) is 0 Å². The molecule has 0 aromatic carbocycles. The maximum Gasteiger partial charge on any atom is 0.319 e. The first kappa shape index (κ1) is 15.2. The first-order chi connectivity index (χ1) is 8.61. The summed E-state index contributed by atoms with van der Waals surface area (Å²) >= 11 is 1.81. The van der Waals surface area contributed by atoms with Crippen molar-refractivity contribution in [3.05, 3.63) is 21.9 Å². The third-order valence-corrected chi connectivity index (χ3v) is 3.68. The first-order valence-corrected chi connectivity index (χ1v) is 7.37. The van der Waals surface area contributed by atoms with Gasteiger partial charge in [-0.05, 0) is 38.8 Å². The second kappa shape index (κ2) is 8.27. The van der Waals surface area contributed by atoms with Crippen LogP contribution in [0.25, 0.3) is 0 Å². The van der Waals surface area contributed by atoms with E-state index in [0.717, 1.165) is 19.3 Å². The SMILES string of the molecule is CCCCOC(=O)CNC(C)Cc1ccc(C)s1. The highest BCUT2D eigenvalue weighted by atomic mass is 32.1. The van der Waals surface area contributed by atoms with Gasteiger partial charge in [0.15, 0.2) is 0 Å². The van der Waals surface area contributed by atoms with Crippen LogP contribution in [-0.2, 0) is 16.0 Å². The quantitative estimate of drug-likeness (QED) is 0.582. The van der Waals surface area contributed by atoms with Crippen molar-refractivity contribution in [2.24, 2.45) is 0 Å². The minimum Gasteiger partial charge on any atom is -0.465 e. The minimum atomic E-state index is -0.155. The topological polar surface area (TPSA) is 38.3 Å². The van der Waals surface area contributed by atoms with Crippen LogP contribution in [0.2, 0.25) is 0 Å². The van der Waals surface area contributed by atoms with Gasteiger partial charge in [0.05, 0.1) is 13.2 Å². The molecule has 1 aromatic rings. The molecule has 0 fully saturated rings. The fourth-order valence-electron chi connectivity index (χ4n) is 1.61. The van der Waals surface area contributed by atoms with E-state index >= 15 is 0 Å². The van der Waals surface area contributed by atoms with Crippen molar-refractivity contribution in [1.29, 1.82) is 0 Å². The van der Waals surface area contributed by atoms with Crippen molar-refractivity contribution in [1.82, 2.24) is 5.32 Å². The van der Waals surface area contributed by atoms with Crippen molar-refractivity contribution in [3.8, 4) is 0 Å². The lowest BCUT2D eigenvalue weighted by Gasteiger charge is -2.12. The lowest BCUT2D eigenvalue weighted by Crippen LogP contribution is -2.33. The van der Waals surface area contributed by atoms with Crippen LogP contribution in [-0.4, -0.2) is 25.2 Å². The normalized spacial score (nSPS) is 12.4. The molecule has 0 bridgehead atoms. The molecule has 0 aliphatic carbocycles. The Morgan fingerprint density at radius 1 is 1.50 bits per heavy atom. The van der Waals surface area contributed by atoms with E-state index in [-0.39, 0.29) is 5.97 Å². The standard InChI is InChI=1S/C14H23NO2S/c1-4-5-8-17-14(16)10-15-11(2)9-13-7-6-12(3)18-13/h6-7,11,15H,4-5,8-10H2,1-3H3. The number of rotatable bonds is 8. The van der Waals surface area contributed by atoms with Crippen LogP contribution in [0, 0.1) is 6.92 Å². The molecule has 102 valence electrons. The van der Waals surface area contributed by atoms with Gasteiger partial charge in [-0.2, -0.15) is 0 Å². The molecule has 1 atom stereocenters. The Hall–Kier alpha value is -0.870. The summed E-state index contributed by atoms with van der Waals surface area (Å²) in [6, 6.07) is 4.57. The van der Waals surface area contributed by atoms with Gasteiger partial charge in [0, 0.05) is 15.8 Å². The highest BCUT2D eigenvalue weighted by Crippen LogP contribution is 2.16. The zero-order valence-corrected chi connectivity index (χ0v) is 12.3. The van der Waals surface area contributed by atoms with Gasteiger partial charge in [0.25, 0.3) is 0 Å². The molecule has 1 unspecified atom stereocenters. The fraction of sp³-hybridized carbons (Fsp3) is 0.643. The summed E-state index contributed by atoms with van der Waals surface area (Å²) in [5, 5.41) is 3.20. The van der Waals surface area contributed by atoms with Crippen LogP contribution in [0.5, 0.6) is 0 Å². The number of carbonyl (C=O) groups is 1. The van der Waals surface area contributed by atoms with E-state index in [4.69, 9.17) is 4.74 Å². The minimum absolute atomic E-state index is 0.155. The first-order valence-electron chi connectivity index (χ1n) is 6.56. The Labute approximate surface area is 114 Å². The van der Waals surface area contributed by atoms with Crippen molar-refractivity contribution in [2.75, 3.05) is 13.2 Å². The van der Waals surface area contributed by atoms with Gasteiger partial charge in [0.2, 0.25) is 0 Å². The number of nitrogens with one attached hydrogen (secondary N) is 1. The number of carbonyl (C=O) groups excluding carboxylic acids is 1. The monoisotopic (exact) mass is 269 g/mol. The van der Waals surface area contributed by atoms with Gasteiger partial charge in [-0.3, -0.25) is 4.79 Å². The average Bonchev–Trinajstić information content (AvgIpc) is 2.72. The molecule has 0 aliphatic heterocycles. The molecule has 0 aliphatic rings.